The minimum absolute atomic E-state index is 0.0359. The molecule has 36 heavy (non-hydrogen) atoms. The number of imide groups is 1. The Bertz CT molecular complexity index is 1230. The highest BCUT2D eigenvalue weighted by molar-refractivity contribution is 6.24. The molecule has 2 heterocycles. The number of carbonyl (C=O) groups excluding carboxylic acids is 2. The van der Waals surface area contributed by atoms with Crippen LogP contribution in [0.3, 0.4) is 0 Å². The fraction of sp³-hybridized carbons (Fsp3) is 0.385. The number of phenolic OH excluding ortho intramolecular Hbond substituents is 2. The van der Waals surface area contributed by atoms with Gasteiger partial charge in [0.1, 0.15) is 17.5 Å². The molecule has 2 fully saturated rings. The summed E-state index contributed by atoms with van der Waals surface area (Å²) in [6.45, 7) is 2.08. The number of carboxylic acid groups (broad SMARTS) is 2. The molecule has 4 rings (SSSR count). The van der Waals surface area contributed by atoms with E-state index >= 15 is 0 Å². The standard InChI is InChI=1S/C26H28N2O8/c1-2-3-4-5-7-13-11-16(18(30)12-17(13)29)21-19-20(22(27-21)26(35)36)24(32)28(23(19)31)15-9-6-8-14(10-15)25(33)34/h6,8-12,19-22,27,29-30H,2-5,7H2,1H3,(H,33,34)(H,35,36). The molecular weight excluding hydrogens is 468 g/mol. The molecule has 0 saturated carbocycles. The zero-order valence-corrected chi connectivity index (χ0v) is 19.7. The van der Waals surface area contributed by atoms with Gasteiger partial charge in [-0.2, -0.15) is 0 Å². The van der Waals surface area contributed by atoms with Gasteiger partial charge in [-0.15, -0.1) is 0 Å². The van der Waals surface area contributed by atoms with Gasteiger partial charge in [0.05, 0.1) is 23.1 Å². The van der Waals surface area contributed by atoms with Gasteiger partial charge in [-0.3, -0.25) is 19.7 Å². The molecule has 2 aliphatic rings. The second-order valence-corrected chi connectivity index (χ2v) is 9.23. The lowest BCUT2D eigenvalue weighted by atomic mass is 9.85. The Balaban J connectivity index is 1.72. The Labute approximate surface area is 207 Å². The van der Waals surface area contributed by atoms with Crippen LogP contribution >= 0.6 is 0 Å². The van der Waals surface area contributed by atoms with Crippen molar-refractivity contribution in [3.63, 3.8) is 0 Å². The summed E-state index contributed by atoms with van der Waals surface area (Å²) in [6, 6.07) is 5.64. The van der Waals surface area contributed by atoms with Crippen LogP contribution in [0, 0.1) is 11.8 Å². The molecule has 4 atom stereocenters. The maximum absolute atomic E-state index is 13.5. The van der Waals surface area contributed by atoms with Gasteiger partial charge >= 0.3 is 11.9 Å². The van der Waals surface area contributed by atoms with Gasteiger partial charge < -0.3 is 20.4 Å². The number of amides is 2. The van der Waals surface area contributed by atoms with Crippen LogP contribution in [0.4, 0.5) is 5.69 Å². The molecule has 0 aromatic heterocycles. The normalized spacial score (nSPS) is 23.2. The molecule has 0 spiro atoms. The van der Waals surface area contributed by atoms with Gasteiger partial charge in [-0.25, -0.2) is 9.69 Å². The number of aryl methyl sites for hydroxylation is 1. The van der Waals surface area contributed by atoms with Crippen LogP contribution in [-0.2, 0) is 20.8 Å². The fourth-order valence-corrected chi connectivity index (χ4v) is 5.19. The molecule has 0 aliphatic carbocycles. The van der Waals surface area contributed by atoms with E-state index < -0.39 is 47.7 Å². The molecule has 10 heteroatoms. The third-order valence-corrected chi connectivity index (χ3v) is 6.96. The average Bonchev–Trinajstić information content (AvgIpc) is 3.34. The van der Waals surface area contributed by atoms with Crippen molar-refractivity contribution in [2.45, 2.75) is 51.1 Å². The number of anilines is 1. The molecule has 2 aromatic carbocycles. The topological polar surface area (TPSA) is 164 Å². The largest absolute Gasteiger partial charge is 0.508 e. The summed E-state index contributed by atoms with van der Waals surface area (Å²) < 4.78 is 0. The second-order valence-electron chi connectivity index (χ2n) is 9.23. The van der Waals surface area contributed by atoms with Gasteiger partial charge in [0, 0.05) is 17.7 Å². The lowest BCUT2D eigenvalue weighted by molar-refractivity contribution is -0.142. The number of nitrogens with one attached hydrogen (secondary N) is 1. The summed E-state index contributed by atoms with van der Waals surface area (Å²) >= 11 is 0. The minimum atomic E-state index is -1.40. The van der Waals surface area contributed by atoms with E-state index in [1.807, 2.05) is 0 Å². The Hall–Kier alpha value is -3.92. The van der Waals surface area contributed by atoms with Gasteiger partial charge in [0.25, 0.3) is 0 Å². The number of aliphatic carboxylic acids is 1. The fourth-order valence-electron chi connectivity index (χ4n) is 5.19. The summed E-state index contributed by atoms with van der Waals surface area (Å²) in [7, 11) is 0. The molecule has 10 nitrogen and oxygen atoms in total. The van der Waals surface area contributed by atoms with Crippen LogP contribution in [0.1, 0.15) is 60.1 Å². The smallest absolute Gasteiger partial charge is 0.335 e. The van der Waals surface area contributed by atoms with Crippen molar-refractivity contribution in [1.29, 1.82) is 0 Å². The van der Waals surface area contributed by atoms with Crippen LogP contribution in [0.2, 0.25) is 0 Å². The van der Waals surface area contributed by atoms with Gasteiger partial charge in [0.15, 0.2) is 0 Å². The van der Waals surface area contributed by atoms with Crippen molar-refractivity contribution in [2.75, 3.05) is 4.90 Å². The Morgan fingerprint density at radius 3 is 2.33 bits per heavy atom. The number of aromatic hydroxyl groups is 2. The number of hydrogen-bond acceptors (Lipinski definition) is 7. The molecule has 2 amide bonds. The van der Waals surface area contributed by atoms with Crippen LogP contribution in [0.25, 0.3) is 0 Å². The van der Waals surface area contributed by atoms with Crippen molar-refractivity contribution in [2.24, 2.45) is 11.8 Å². The van der Waals surface area contributed by atoms with E-state index in [1.165, 1.54) is 30.3 Å². The summed E-state index contributed by atoms with van der Waals surface area (Å²) in [5.41, 5.74) is 0.686. The molecule has 2 aromatic rings. The number of carbonyl (C=O) groups is 4. The zero-order chi connectivity index (χ0) is 26.1. The Morgan fingerprint density at radius 2 is 1.67 bits per heavy atom. The van der Waals surface area contributed by atoms with Gasteiger partial charge in [-0.05, 0) is 42.7 Å². The molecular formula is C26H28N2O8. The molecule has 2 saturated heterocycles. The summed E-state index contributed by atoms with van der Waals surface area (Å²) in [5, 5.41) is 42.9. The predicted octanol–water partition coefficient (Wildman–Crippen LogP) is 2.82. The third kappa shape index (κ3) is 4.39. The molecule has 4 unspecified atom stereocenters. The number of hydrogen-bond donors (Lipinski definition) is 5. The van der Waals surface area contributed by atoms with E-state index in [-0.39, 0.29) is 28.3 Å². The molecule has 0 bridgehead atoms. The van der Waals surface area contributed by atoms with Gasteiger partial charge in [0.2, 0.25) is 11.8 Å². The first-order chi connectivity index (χ1) is 17.1. The lowest BCUT2D eigenvalue weighted by Gasteiger charge is -2.23. The molecule has 2 aliphatic heterocycles. The number of benzene rings is 2. The quantitative estimate of drug-likeness (QED) is 0.259. The number of unbranched alkanes of at least 4 members (excludes halogenated alkanes) is 3. The average molecular weight is 497 g/mol. The van der Waals surface area contributed by atoms with Crippen molar-refractivity contribution < 1.29 is 39.6 Å². The van der Waals surface area contributed by atoms with Crippen LogP contribution in [0.15, 0.2) is 36.4 Å². The van der Waals surface area contributed by atoms with E-state index in [4.69, 9.17) is 0 Å². The van der Waals surface area contributed by atoms with Crippen molar-refractivity contribution in [3.05, 3.63) is 53.1 Å². The Kier molecular flexibility index (Phi) is 6.98. The number of carboxylic acids is 2. The first-order valence-corrected chi connectivity index (χ1v) is 11.9. The number of nitrogens with zero attached hydrogens (tertiary/aromatic N) is 1. The predicted molar refractivity (Wildman–Crippen MR) is 128 cm³/mol. The molecule has 190 valence electrons. The second kappa shape index (κ2) is 9.98. The highest BCUT2D eigenvalue weighted by atomic mass is 16.4. The van der Waals surface area contributed by atoms with E-state index in [0.717, 1.165) is 30.6 Å². The molecule has 0 radical (unpaired) electrons. The van der Waals surface area contributed by atoms with Crippen molar-refractivity contribution in [1.82, 2.24) is 5.32 Å². The monoisotopic (exact) mass is 496 g/mol. The van der Waals surface area contributed by atoms with E-state index in [2.05, 4.69) is 12.2 Å². The van der Waals surface area contributed by atoms with Crippen molar-refractivity contribution in [3.8, 4) is 11.5 Å². The van der Waals surface area contributed by atoms with Crippen molar-refractivity contribution >= 4 is 29.4 Å². The SMILES string of the molecule is CCCCCCc1cc(C2NC(C(=O)O)C3C(=O)N(c4cccc(C(=O)O)c4)C(=O)C23)c(O)cc1O. The number of rotatable bonds is 9. The highest BCUT2D eigenvalue weighted by Crippen LogP contribution is 2.48. The van der Waals surface area contributed by atoms with Gasteiger partial charge in [-0.1, -0.05) is 32.3 Å². The van der Waals surface area contributed by atoms with E-state index in [9.17, 15) is 39.6 Å². The first-order valence-electron chi connectivity index (χ1n) is 11.9. The maximum atomic E-state index is 13.5. The number of fused-ring (bicyclic) bond motifs is 1. The van der Waals surface area contributed by atoms with Crippen LogP contribution in [0.5, 0.6) is 11.5 Å². The van der Waals surface area contributed by atoms with E-state index in [0.29, 0.717) is 12.0 Å². The third-order valence-electron chi connectivity index (χ3n) is 6.96. The van der Waals surface area contributed by atoms with Crippen LogP contribution < -0.4 is 10.2 Å². The minimum Gasteiger partial charge on any atom is -0.508 e. The summed E-state index contributed by atoms with van der Waals surface area (Å²) in [6.07, 6.45) is 4.37. The first kappa shape index (κ1) is 25.2. The Morgan fingerprint density at radius 1 is 0.944 bits per heavy atom. The van der Waals surface area contributed by atoms with E-state index in [1.54, 1.807) is 6.07 Å². The summed E-state index contributed by atoms with van der Waals surface area (Å²) in [5.74, 6) is -6.83. The van der Waals surface area contributed by atoms with Crippen LogP contribution in [-0.4, -0.2) is 50.2 Å². The number of aromatic carboxylic acids is 1. The number of phenols is 2. The highest BCUT2D eigenvalue weighted by Gasteiger charge is 2.61. The molecule has 5 N–H and O–H groups in total. The zero-order valence-electron chi connectivity index (χ0n) is 19.7. The summed E-state index contributed by atoms with van der Waals surface area (Å²) in [4.78, 5) is 51.1. The lowest BCUT2D eigenvalue weighted by Crippen LogP contribution is -2.43. The maximum Gasteiger partial charge on any atom is 0.335 e.